The first-order valence-electron chi connectivity index (χ1n) is 6.02. The number of hydrogen-bond acceptors (Lipinski definition) is 2. The minimum absolute atomic E-state index is 0.183. The molecule has 0 aromatic heterocycles. The molecule has 1 fully saturated rings. The van der Waals surface area contributed by atoms with Crippen molar-refractivity contribution in [2.24, 2.45) is 5.92 Å². The first kappa shape index (κ1) is 12.5. The molecular formula is C12H23NO2. The van der Waals surface area contributed by atoms with E-state index in [1.54, 1.807) is 0 Å². The van der Waals surface area contributed by atoms with E-state index in [0.717, 1.165) is 18.8 Å². The molecule has 0 aromatic rings. The number of rotatable bonds is 7. The highest BCUT2D eigenvalue weighted by Crippen LogP contribution is 2.34. The van der Waals surface area contributed by atoms with E-state index >= 15 is 0 Å². The van der Waals surface area contributed by atoms with Crippen molar-refractivity contribution in [2.75, 3.05) is 6.54 Å². The van der Waals surface area contributed by atoms with Gasteiger partial charge in [-0.2, -0.15) is 0 Å². The van der Waals surface area contributed by atoms with Crippen LogP contribution in [-0.4, -0.2) is 34.6 Å². The van der Waals surface area contributed by atoms with Gasteiger partial charge in [-0.25, -0.2) is 0 Å². The van der Waals surface area contributed by atoms with Gasteiger partial charge in [0.25, 0.3) is 0 Å². The Morgan fingerprint density at radius 2 is 2.00 bits per heavy atom. The zero-order chi connectivity index (χ0) is 11.4. The molecule has 0 spiro atoms. The third kappa shape index (κ3) is 4.20. The predicted molar refractivity (Wildman–Crippen MR) is 60.9 cm³/mol. The van der Waals surface area contributed by atoms with Crippen LogP contribution in [0.25, 0.3) is 0 Å². The van der Waals surface area contributed by atoms with Crippen molar-refractivity contribution in [3.05, 3.63) is 0 Å². The lowest BCUT2D eigenvalue weighted by Gasteiger charge is -2.32. The predicted octanol–water partition coefficient (Wildman–Crippen LogP) is 2.36. The van der Waals surface area contributed by atoms with Gasteiger partial charge in [0.1, 0.15) is 0 Å². The van der Waals surface area contributed by atoms with Crippen LogP contribution >= 0.6 is 0 Å². The SMILES string of the molecule is CCC(C)N(CC(=O)O)C(C)CC1CC1. The van der Waals surface area contributed by atoms with Crippen LogP contribution in [0.4, 0.5) is 0 Å². The van der Waals surface area contributed by atoms with E-state index in [4.69, 9.17) is 5.11 Å². The Labute approximate surface area is 92.5 Å². The van der Waals surface area contributed by atoms with Crippen molar-refractivity contribution >= 4 is 5.97 Å². The van der Waals surface area contributed by atoms with E-state index in [1.165, 1.54) is 12.8 Å². The van der Waals surface area contributed by atoms with Gasteiger partial charge in [-0.05, 0) is 32.6 Å². The maximum absolute atomic E-state index is 10.8. The van der Waals surface area contributed by atoms with Crippen LogP contribution in [0.2, 0.25) is 0 Å². The molecule has 0 aliphatic heterocycles. The molecule has 1 N–H and O–H groups in total. The third-order valence-electron chi connectivity index (χ3n) is 3.41. The van der Waals surface area contributed by atoms with Gasteiger partial charge in [0, 0.05) is 12.1 Å². The molecule has 15 heavy (non-hydrogen) atoms. The smallest absolute Gasteiger partial charge is 0.317 e. The maximum atomic E-state index is 10.8. The Kier molecular flexibility index (Phi) is 4.58. The van der Waals surface area contributed by atoms with Crippen LogP contribution in [0, 0.1) is 5.92 Å². The van der Waals surface area contributed by atoms with Crippen LogP contribution in [0.5, 0.6) is 0 Å². The van der Waals surface area contributed by atoms with Crippen molar-refractivity contribution in [3.8, 4) is 0 Å². The molecular weight excluding hydrogens is 190 g/mol. The summed E-state index contributed by atoms with van der Waals surface area (Å²) in [5.74, 6) is 0.151. The summed E-state index contributed by atoms with van der Waals surface area (Å²) in [5.41, 5.74) is 0. The normalized spacial score (nSPS) is 20.3. The average Bonchev–Trinajstić information content (AvgIpc) is 2.96. The van der Waals surface area contributed by atoms with E-state index in [-0.39, 0.29) is 6.54 Å². The van der Waals surface area contributed by atoms with Gasteiger partial charge in [0.15, 0.2) is 0 Å². The molecule has 1 aliphatic rings. The molecule has 0 amide bonds. The van der Waals surface area contributed by atoms with E-state index in [1.807, 2.05) is 0 Å². The second kappa shape index (κ2) is 5.50. The zero-order valence-corrected chi connectivity index (χ0v) is 10.1. The van der Waals surface area contributed by atoms with Gasteiger partial charge in [0.05, 0.1) is 6.54 Å². The molecule has 3 heteroatoms. The molecule has 0 heterocycles. The lowest BCUT2D eigenvalue weighted by molar-refractivity contribution is -0.139. The third-order valence-corrected chi connectivity index (χ3v) is 3.41. The fourth-order valence-corrected chi connectivity index (χ4v) is 2.11. The molecule has 1 saturated carbocycles. The largest absolute Gasteiger partial charge is 0.480 e. The highest BCUT2D eigenvalue weighted by Gasteiger charge is 2.28. The number of aliphatic carboxylic acids is 1. The summed E-state index contributed by atoms with van der Waals surface area (Å²) >= 11 is 0. The minimum Gasteiger partial charge on any atom is -0.480 e. The van der Waals surface area contributed by atoms with Crippen LogP contribution in [0.3, 0.4) is 0 Å². The van der Waals surface area contributed by atoms with Gasteiger partial charge < -0.3 is 5.11 Å². The van der Waals surface area contributed by atoms with Gasteiger partial charge in [-0.3, -0.25) is 9.69 Å². The Bertz CT molecular complexity index is 214. The molecule has 88 valence electrons. The molecule has 0 radical (unpaired) electrons. The van der Waals surface area contributed by atoms with Gasteiger partial charge in [-0.1, -0.05) is 19.8 Å². The second-order valence-corrected chi connectivity index (χ2v) is 4.85. The summed E-state index contributed by atoms with van der Waals surface area (Å²) < 4.78 is 0. The summed E-state index contributed by atoms with van der Waals surface area (Å²) in [7, 11) is 0. The summed E-state index contributed by atoms with van der Waals surface area (Å²) in [6, 6.07) is 0.776. The van der Waals surface area contributed by atoms with Gasteiger partial charge in [-0.15, -0.1) is 0 Å². The lowest BCUT2D eigenvalue weighted by atomic mass is 10.1. The summed E-state index contributed by atoms with van der Waals surface area (Å²) in [5, 5.41) is 8.89. The van der Waals surface area contributed by atoms with Gasteiger partial charge in [0.2, 0.25) is 0 Å². The van der Waals surface area contributed by atoms with Crippen molar-refractivity contribution < 1.29 is 9.90 Å². The molecule has 1 rings (SSSR count). The van der Waals surface area contributed by atoms with Crippen molar-refractivity contribution in [2.45, 2.75) is 58.5 Å². The summed E-state index contributed by atoms with van der Waals surface area (Å²) in [6.45, 7) is 6.58. The molecule has 0 saturated heterocycles. The number of nitrogens with zero attached hydrogens (tertiary/aromatic N) is 1. The van der Waals surface area contributed by atoms with Crippen molar-refractivity contribution in [1.82, 2.24) is 4.90 Å². The van der Waals surface area contributed by atoms with Crippen LogP contribution in [0.1, 0.15) is 46.5 Å². The number of hydrogen-bond donors (Lipinski definition) is 1. The number of carbonyl (C=O) groups is 1. The quantitative estimate of drug-likeness (QED) is 0.705. The van der Waals surface area contributed by atoms with E-state index in [0.29, 0.717) is 12.1 Å². The molecule has 1 aliphatic carbocycles. The second-order valence-electron chi connectivity index (χ2n) is 4.85. The average molecular weight is 213 g/mol. The monoisotopic (exact) mass is 213 g/mol. The molecule has 3 nitrogen and oxygen atoms in total. The van der Waals surface area contributed by atoms with Crippen LogP contribution in [-0.2, 0) is 4.79 Å². The fourth-order valence-electron chi connectivity index (χ4n) is 2.11. The molecule has 0 bridgehead atoms. The standard InChI is InChI=1S/C12H23NO2/c1-4-9(2)13(8-12(14)15)10(3)7-11-5-6-11/h9-11H,4-8H2,1-3H3,(H,14,15). The lowest BCUT2D eigenvalue weighted by Crippen LogP contribution is -2.43. The molecule has 2 unspecified atom stereocenters. The highest BCUT2D eigenvalue weighted by atomic mass is 16.4. The molecule has 0 aromatic carbocycles. The van der Waals surface area contributed by atoms with E-state index < -0.39 is 5.97 Å². The van der Waals surface area contributed by atoms with Gasteiger partial charge >= 0.3 is 5.97 Å². The Balaban J connectivity index is 2.47. The van der Waals surface area contributed by atoms with Crippen LogP contribution in [0.15, 0.2) is 0 Å². The number of carboxylic acid groups (broad SMARTS) is 1. The topological polar surface area (TPSA) is 40.5 Å². The van der Waals surface area contributed by atoms with Crippen LogP contribution < -0.4 is 0 Å². The Morgan fingerprint density at radius 1 is 1.40 bits per heavy atom. The Morgan fingerprint density at radius 3 is 2.40 bits per heavy atom. The molecule has 2 atom stereocenters. The summed E-state index contributed by atoms with van der Waals surface area (Å²) in [4.78, 5) is 12.9. The first-order chi connectivity index (χ1) is 7.04. The van der Waals surface area contributed by atoms with Crippen molar-refractivity contribution in [1.29, 1.82) is 0 Å². The van der Waals surface area contributed by atoms with E-state index in [9.17, 15) is 4.79 Å². The minimum atomic E-state index is -0.710. The zero-order valence-electron chi connectivity index (χ0n) is 10.1. The fraction of sp³-hybridized carbons (Fsp3) is 0.917. The summed E-state index contributed by atoms with van der Waals surface area (Å²) in [6.07, 6.45) is 4.86. The van der Waals surface area contributed by atoms with Crippen molar-refractivity contribution in [3.63, 3.8) is 0 Å². The number of carboxylic acids is 1. The Hall–Kier alpha value is -0.570. The van der Waals surface area contributed by atoms with E-state index in [2.05, 4.69) is 25.7 Å². The maximum Gasteiger partial charge on any atom is 0.317 e. The first-order valence-corrected chi connectivity index (χ1v) is 6.02. The highest BCUT2D eigenvalue weighted by molar-refractivity contribution is 5.69.